The molecular formula is C16H17FN2O2. The number of amides is 1. The molecule has 3 N–H and O–H groups in total. The van der Waals surface area contributed by atoms with Crippen LogP contribution in [-0.2, 0) is 17.8 Å². The first kappa shape index (κ1) is 15.0. The van der Waals surface area contributed by atoms with E-state index in [-0.39, 0.29) is 18.0 Å². The van der Waals surface area contributed by atoms with Crippen LogP contribution in [0.5, 0.6) is 5.75 Å². The molecule has 5 heteroatoms. The number of benzene rings is 2. The van der Waals surface area contributed by atoms with Gasteiger partial charge in [0.2, 0.25) is 5.91 Å². The van der Waals surface area contributed by atoms with Crippen LogP contribution in [0.4, 0.5) is 10.1 Å². The molecule has 0 unspecified atom stereocenters. The van der Waals surface area contributed by atoms with Gasteiger partial charge in [-0.25, -0.2) is 4.39 Å². The number of anilines is 1. The zero-order chi connectivity index (χ0) is 15.2. The van der Waals surface area contributed by atoms with Crippen LogP contribution in [0.2, 0.25) is 0 Å². The molecule has 0 saturated heterocycles. The highest BCUT2D eigenvalue weighted by molar-refractivity contribution is 5.92. The van der Waals surface area contributed by atoms with E-state index in [1.807, 2.05) is 24.3 Å². The molecule has 0 aromatic heterocycles. The van der Waals surface area contributed by atoms with Crippen LogP contribution in [-0.4, -0.2) is 13.0 Å². The van der Waals surface area contributed by atoms with Crippen LogP contribution in [0, 0.1) is 5.82 Å². The van der Waals surface area contributed by atoms with Crippen molar-refractivity contribution in [3.63, 3.8) is 0 Å². The van der Waals surface area contributed by atoms with E-state index in [0.29, 0.717) is 12.3 Å². The highest BCUT2D eigenvalue weighted by Crippen LogP contribution is 2.21. The number of rotatable bonds is 5. The van der Waals surface area contributed by atoms with Crippen molar-refractivity contribution in [1.82, 2.24) is 0 Å². The summed E-state index contributed by atoms with van der Waals surface area (Å²) in [6, 6.07) is 11.6. The normalized spacial score (nSPS) is 10.2. The van der Waals surface area contributed by atoms with Crippen molar-refractivity contribution >= 4 is 11.6 Å². The van der Waals surface area contributed by atoms with Crippen LogP contribution < -0.4 is 15.8 Å². The molecule has 0 saturated carbocycles. The van der Waals surface area contributed by atoms with Crippen molar-refractivity contribution in [2.45, 2.75) is 13.0 Å². The van der Waals surface area contributed by atoms with Gasteiger partial charge in [0.15, 0.2) is 0 Å². The first-order chi connectivity index (χ1) is 10.1. The molecule has 110 valence electrons. The number of methoxy groups -OCH3 is 1. The third-order valence-corrected chi connectivity index (χ3v) is 3.07. The molecule has 0 bridgehead atoms. The van der Waals surface area contributed by atoms with Crippen LogP contribution >= 0.6 is 0 Å². The van der Waals surface area contributed by atoms with Crippen molar-refractivity contribution in [2.75, 3.05) is 12.4 Å². The lowest BCUT2D eigenvalue weighted by molar-refractivity contribution is -0.115. The van der Waals surface area contributed by atoms with Gasteiger partial charge in [-0.1, -0.05) is 24.3 Å². The lowest BCUT2D eigenvalue weighted by Gasteiger charge is -2.08. The molecule has 2 aromatic rings. The summed E-state index contributed by atoms with van der Waals surface area (Å²) in [7, 11) is 1.48. The fraction of sp³-hybridized carbons (Fsp3) is 0.188. The summed E-state index contributed by atoms with van der Waals surface area (Å²) in [4.78, 5) is 11.9. The zero-order valence-corrected chi connectivity index (χ0v) is 11.7. The number of hydrogen-bond acceptors (Lipinski definition) is 3. The maximum atomic E-state index is 13.6. The summed E-state index contributed by atoms with van der Waals surface area (Å²) in [6.07, 6.45) is 0.168. The van der Waals surface area contributed by atoms with E-state index >= 15 is 0 Å². The average Bonchev–Trinajstić information content (AvgIpc) is 2.50. The Morgan fingerprint density at radius 3 is 2.48 bits per heavy atom. The van der Waals surface area contributed by atoms with Crippen LogP contribution in [0.15, 0.2) is 42.5 Å². The second-order valence-electron chi connectivity index (χ2n) is 4.59. The van der Waals surface area contributed by atoms with Crippen LogP contribution in [0.1, 0.15) is 11.1 Å². The van der Waals surface area contributed by atoms with Gasteiger partial charge < -0.3 is 15.8 Å². The van der Waals surface area contributed by atoms with Crippen molar-refractivity contribution in [3.05, 3.63) is 59.4 Å². The third-order valence-electron chi connectivity index (χ3n) is 3.07. The summed E-state index contributed by atoms with van der Waals surface area (Å²) in [6.45, 7) is 0.460. The topological polar surface area (TPSA) is 64.3 Å². The van der Waals surface area contributed by atoms with Gasteiger partial charge >= 0.3 is 0 Å². The van der Waals surface area contributed by atoms with Gasteiger partial charge in [-0.2, -0.15) is 0 Å². The van der Waals surface area contributed by atoms with E-state index in [1.165, 1.54) is 25.3 Å². The molecule has 0 spiro atoms. The largest absolute Gasteiger partial charge is 0.497 e. The van der Waals surface area contributed by atoms with E-state index in [1.54, 1.807) is 0 Å². The minimum atomic E-state index is -0.498. The Hall–Kier alpha value is -2.40. The Morgan fingerprint density at radius 1 is 1.19 bits per heavy atom. The number of hydrogen-bond donors (Lipinski definition) is 2. The second kappa shape index (κ2) is 6.85. The lowest BCUT2D eigenvalue weighted by Crippen LogP contribution is -2.15. The Kier molecular flexibility index (Phi) is 4.90. The predicted molar refractivity (Wildman–Crippen MR) is 79.6 cm³/mol. The van der Waals surface area contributed by atoms with Gasteiger partial charge in [0.1, 0.15) is 11.6 Å². The number of ether oxygens (including phenoxy) is 1. The molecule has 0 aliphatic rings. The predicted octanol–water partition coefficient (Wildman–Crippen LogP) is 2.47. The molecule has 0 heterocycles. The molecular weight excluding hydrogens is 271 g/mol. The van der Waals surface area contributed by atoms with Gasteiger partial charge in [0.05, 0.1) is 19.2 Å². The fourth-order valence-electron chi connectivity index (χ4n) is 1.90. The molecule has 0 atom stereocenters. The molecule has 0 aliphatic carbocycles. The van der Waals surface area contributed by atoms with E-state index in [0.717, 1.165) is 11.1 Å². The Balaban J connectivity index is 2.04. The van der Waals surface area contributed by atoms with Gasteiger partial charge in [0, 0.05) is 12.6 Å². The molecule has 4 nitrogen and oxygen atoms in total. The molecule has 1 amide bonds. The number of nitrogens with one attached hydrogen (secondary N) is 1. The molecule has 2 aromatic carbocycles. The number of carbonyl (C=O) groups excluding carboxylic acids is 1. The van der Waals surface area contributed by atoms with Crippen molar-refractivity contribution in [3.8, 4) is 5.75 Å². The van der Waals surface area contributed by atoms with E-state index in [2.05, 4.69) is 5.32 Å². The SMILES string of the molecule is COc1ccc(F)c(NC(=O)Cc2ccc(CN)cc2)c1. The average molecular weight is 288 g/mol. The highest BCUT2D eigenvalue weighted by Gasteiger charge is 2.09. The summed E-state index contributed by atoms with van der Waals surface area (Å²) >= 11 is 0. The quantitative estimate of drug-likeness (QED) is 0.888. The van der Waals surface area contributed by atoms with Gasteiger partial charge in [0.25, 0.3) is 0 Å². The Morgan fingerprint density at radius 2 is 1.86 bits per heavy atom. The fourth-order valence-corrected chi connectivity index (χ4v) is 1.90. The molecule has 0 fully saturated rings. The molecule has 2 rings (SSSR count). The molecule has 0 radical (unpaired) electrons. The van der Waals surface area contributed by atoms with Crippen molar-refractivity contribution in [2.24, 2.45) is 5.73 Å². The molecule has 21 heavy (non-hydrogen) atoms. The highest BCUT2D eigenvalue weighted by atomic mass is 19.1. The van der Waals surface area contributed by atoms with Gasteiger partial charge in [-0.05, 0) is 23.3 Å². The number of carbonyl (C=O) groups is 1. The Bertz CT molecular complexity index is 627. The minimum absolute atomic E-state index is 0.109. The smallest absolute Gasteiger partial charge is 0.228 e. The summed E-state index contributed by atoms with van der Waals surface area (Å²) in [5, 5.41) is 2.54. The number of nitrogens with two attached hydrogens (primary N) is 1. The first-order valence-corrected chi connectivity index (χ1v) is 6.53. The first-order valence-electron chi connectivity index (χ1n) is 6.53. The minimum Gasteiger partial charge on any atom is -0.497 e. The maximum absolute atomic E-state index is 13.6. The summed E-state index contributed by atoms with van der Waals surface area (Å²) in [5.41, 5.74) is 7.46. The monoisotopic (exact) mass is 288 g/mol. The third kappa shape index (κ3) is 4.03. The zero-order valence-electron chi connectivity index (χ0n) is 11.7. The standard InChI is InChI=1S/C16H17FN2O2/c1-21-13-6-7-14(17)15(9-13)19-16(20)8-11-2-4-12(10-18)5-3-11/h2-7,9H,8,10,18H2,1H3,(H,19,20). The molecule has 0 aliphatic heterocycles. The van der Waals surface area contributed by atoms with E-state index in [4.69, 9.17) is 10.5 Å². The van der Waals surface area contributed by atoms with Gasteiger partial charge in [-0.3, -0.25) is 4.79 Å². The van der Waals surface area contributed by atoms with Gasteiger partial charge in [-0.15, -0.1) is 0 Å². The van der Waals surface area contributed by atoms with Crippen molar-refractivity contribution in [1.29, 1.82) is 0 Å². The van der Waals surface area contributed by atoms with E-state index in [9.17, 15) is 9.18 Å². The lowest BCUT2D eigenvalue weighted by atomic mass is 10.1. The van der Waals surface area contributed by atoms with E-state index < -0.39 is 5.82 Å². The van der Waals surface area contributed by atoms with Crippen molar-refractivity contribution < 1.29 is 13.9 Å². The summed E-state index contributed by atoms with van der Waals surface area (Å²) < 4.78 is 18.6. The maximum Gasteiger partial charge on any atom is 0.228 e. The summed E-state index contributed by atoms with van der Waals surface area (Å²) in [5.74, 6) is -0.302. The number of halogens is 1. The van der Waals surface area contributed by atoms with Crippen LogP contribution in [0.25, 0.3) is 0 Å². The second-order valence-corrected chi connectivity index (χ2v) is 4.59. The van der Waals surface area contributed by atoms with Crippen LogP contribution in [0.3, 0.4) is 0 Å². The Labute approximate surface area is 122 Å².